The van der Waals surface area contributed by atoms with E-state index in [1.807, 2.05) is 18.4 Å². The van der Waals surface area contributed by atoms with Gasteiger partial charge in [-0.1, -0.05) is 0 Å². The van der Waals surface area contributed by atoms with Crippen LogP contribution >= 0.6 is 0 Å². The first-order chi connectivity index (χ1) is 12.4. The highest BCUT2D eigenvalue weighted by Crippen LogP contribution is 2.24. The Morgan fingerprint density at radius 2 is 2.00 bits per heavy atom. The molecule has 0 saturated heterocycles. The molecule has 2 N–H and O–H groups in total. The first-order valence-electron chi connectivity index (χ1n) is 8.29. The molecule has 26 heavy (non-hydrogen) atoms. The number of hydrogen-bond acceptors (Lipinski definition) is 4. The number of unbranched alkanes of at least 4 members (excludes halogenated alkanes) is 1. The van der Waals surface area contributed by atoms with Crippen LogP contribution in [0.25, 0.3) is 11.0 Å². The van der Waals surface area contributed by atoms with Crippen molar-refractivity contribution in [3.05, 3.63) is 47.4 Å². The van der Waals surface area contributed by atoms with Gasteiger partial charge in [0.1, 0.15) is 17.1 Å². The van der Waals surface area contributed by atoms with E-state index in [2.05, 4.69) is 9.97 Å². The molecule has 1 atom stereocenters. The van der Waals surface area contributed by atoms with Crippen LogP contribution in [0.1, 0.15) is 24.1 Å². The highest BCUT2D eigenvalue weighted by molar-refractivity contribution is 7.91. The molecule has 138 valence electrons. The predicted octanol–water partition coefficient (Wildman–Crippen LogP) is 3.50. The lowest BCUT2D eigenvalue weighted by Gasteiger charge is -2.12. The van der Waals surface area contributed by atoms with Gasteiger partial charge in [0.15, 0.2) is 16.5 Å². The molecule has 2 heterocycles. The van der Waals surface area contributed by atoms with Gasteiger partial charge in [-0.15, -0.1) is 0 Å². The van der Waals surface area contributed by atoms with Crippen LogP contribution in [0.4, 0.5) is 14.6 Å². The third-order valence-electron chi connectivity index (χ3n) is 4.38. The second-order valence-corrected chi connectivity index (χ2v) is 7.71. The first-order valence-corrected chi connectivity index (χ1v) is 9.61. The molecule has 3 aromatic rings. The van der Waals surface area contributed by atoms with Gasteiger partial charge in [-0.3, -0.25) is 0 Å². The van der Waals surface area contributed by atoms with E-state index in [1.54, 1.807) is 6.33 Å². The molecule has 0 spiro atoms. The van der Waals surface area contributed by atoms with E-state index in [4.69, 9.17) is 5.73 Å². The van der Waals surface area contributed by atoms with Gasteiger partial charge in [0.2, 0.25) is 0 Å². The Morgan fingerprint density at radius 1 is 1.23 bits per heavy atom. The zero-order chi connectivity index (χ0) is 18.8. The van der Waals surface area contributed by atoms with Gasteiger partial charge in [-0.25, -0.2) is 18.7 Å². The summed E-state index contributed by atoms with van der Waals surface area (Å²) in [6, 6.07) is 3.12. The quantitative estimate of drug-likeness (QED) is 0.526. The summed E-state index contributed by atoms with van der Waals surface area (Å²) in [6.45, 7) is 4.57. The number of anilines is 1. The fourth-order valence-corrected chi connectivity index (χ4v) is 4.09. The zero-order valence-electron chi connectivity index (χ0n) is 14.6. The molecule has 0 aliphatic carbocycles. The fraction of sp³-hybridized carbons (Fsp3) is 0.333. The molecule has 0 bridgehead atoms. The number of halogens is 2. The van der Waals surface area contributed by atoms with Crippen LogP contribution in [-0.4, -0.2) is 24.8 Å². The van der Waals surface area contributed by atoms with Crippen molar-refractivity contribution in [3.63, 3.8) is 0 Å². The number of nitrogens with zero attached hydrogens (tertiary/aromatic N) is 3. The van der Waals surface area contributed by atoms with Gasteiger partial charge < -0.3 is 14.9 Å². The predicted molar refractivity (Wildman–Crippen MR) is 98.3 cm³/mol. The number of imidazole rings is 1. The van der Waals surface area contributed by atoms with Gasteiger partial charge in [0.25, 0.3) is 0 Å². The van der Waals surface area contributed by atoms with E-state index in [-0.39, 0.29) is 4.90 Å². The van der Waals surface area contributed by atoms with Crippen LogP contribution in [0.15, 0.2) is 29.4 Å². The minimum absolute atomic E-state index is 0.0461. The number of benzene rings is 1. The molecule has 1 unspecified atom stereocenters. The lowest BCUT2D eigenvalue weighted by atomic mass is 10.2. The van der Waals surface area contributed by atoms with Crippen LogP contribution in [0.3, 0.4) is 0 Å². The maximum absolute atomic E-state index is 13.7. The van der Waals surface area contributed by atoms with Crippen molar-refractivity contribution in [2.24, 2.45) is 0 Å². The number of nitrogen functional groups attached to an aromatic ring is 1. The largest absolute Gasteiger partial charge is 0.611 e. The standard InChI is InChI=1S/C18H20F2N4OS/c1-11-12(2)23-18(21)16-17(11)24(10-22-16)7-3-4-8-26(25)15-6-5-13(19)9-14(15)20/h5-6,9-10H,3-4,7-8H2,1-2H3,(H2,21,23). The minimum Gasteiger partial charge on any atom is -0.611 e. The highest BCUT2D eigenvalue weighted by Gasteiger charge is 2.17. The van der Waals surface area contributed by atoms with E-state index in [1.165, 1.54) is 6.07 Å². The lowest BCUT2D eigenvalue weighted by Crippen LogP contribution is -2.10. The first kappa shape index (κ1) is 18.6. The average Bonchev–Trinajstić information content (AvgIpc) is 3.01. The molecule has 3 rings (SSSR count). The number of pyridine rings is 1. The molecular weight excluding hydrogens is 358 g/mol. The zero-order valence-corrected chi connectivity index (χ0v) is 15.4. The Bertz CT molecular complexity index is 945. The monoisotopic (exact) mass is 378 g/mol. The van der Waals surface area contributed by atoms with Gasteiger partial charge in [0, 0.05) is 18.3 Å². The summed E-state index contributed by atoms with van der Waals surface area (Å²) in [5, 5.41) is 0. The Morgan fingerprint density at radius 3 is 2.73 bits per heavy atom. The van der Waals surface area contributed by atoms with Crippen molar-refractivity contribution in [2.45, 2.75) is 38.1 Å². The van der Waals surface area contributed by atoms with Crippen molar-refractivity contribution in [3.8, 4) is 0 Å². The van der Waals surface area contributed by atoms with Crippen molar-refractivity contribution < 1.29 is 13.3 Å². The molecule has 0 aliphatic heterocycles. The molecule has 1 aromatic carbocycles. The van der Waals surface area contributed by atoms with Crippen LogP contribution in [0.2, 0.25) is 0 Å². The summed E-state index contributed by atoms with van der Waals surface area (Å²) >= 11 is -1.49. The summed E-state index contributed by atoms with van der Waals surface area (Å²) < 4.78 is 40.8. The third kappa shape index (κ3) is 3.66. The molecule has 8 heteroatoms. The maximum atomic E-state index is 13.7. The smallest absolute Gasteiger partial charge is 0.188 e. The Balaban J connectivity index is 1.63. The number of aromatic nitrogens is 3. The van der Waals surface area contributed by atoms with Crippen molar-refractivity contribution in [1.29, 1.82) is 0 Å². The van der Waals surface area contributed by atoms with Gasteiger partial charge in [0.05, 0.1) is 11.8 Å². The van der Waals surface area contributed by atoms with Gasteiger partial charge in [-0.2, -0.15) is 0 Å². The van der Waals surface area contributed by atoms with E-state index >= 15 is 0 Å². The topological polar surface area (TPSA) is 79.8 Å². The molecule has 0 radical (unpaired) electrons. The highest BCUT2D eigenvalue weighted by atomic mass is 32.2. The summed E-state index contributed by atoms with van der Waals surface area (Å²) in [6.07, 6.45) is 3.12. The number of fused-ring (bicyclic) bond motifs is 1. The maximum Gasteiger partial charge on any atom is 0.188 e. The summed E-state index contributed by atoms with van der Waals surface area (Å²) in [5.41, 5.74) is 9.47. The van der Waals surface area contributed by atoms with Crippen molar-refractivity contribution in [1.82, 2.24) is 14.5 Å². The van der Waals surface area contributed by atoms with Crippen LogP contribution in [0, 0.1) is 25.5 Å². The van der Waals surface area contributed by atoms with Crippen LogP contribution in [-0.2, 0) is 17.7 Å². The molecule has 0 aliphatic rings. The van der Waals surface area contributed by atoms with E-state index in [9.17, 15) is 13.3 Å². The SMILES string of the molecule is Cc1nc(N)c2ncn(CCCC[S+]([O-])c3ccc(F)cc3F)c2c1C. The molecule has 2 aromatic heterocycles. The normalized spacial score (nSPS) is 12.7. The van der Waals surface area contributed by atoms with Gasteiger partial charge in [-0.05, 0) is 55.6 Å². The molecule has 0 amide bonds. The minimum atomic E-state index is -1.49. The Kier molecular flexibility index (Phi) is 5.43. The Labute approximate surface area is 153 Å². The number of aryl methyl sites for hydroxylation is 3. The molecule has 0 saturated carbocycles. The van der Waals surface area contributed by atoms with Crippen LogP contribution in [0.5, 0.6) is 0 Å². The van der Waals surface area contributed by atoms with E-state index in [0.717, 1.165) is 35.3 Å². The second kappa shape index (κ2) is 7.59. The molecule has 0 fully saturated rings. The second-order valence-electron chi connectivity index (χ2n) is 6.17. The molecular formula is C18H20F2N4OS. The third-order valence-corrected chi connectivity index (χ3v) is 5.87. The summed E-state index contributed by atoms with van der Waals surface area (Å²) in [7, 11) is 0. The van der Waals surface area contributed by atoms with Crippen LogP contribution < -0.4 is 5.73 Å². The molecule has 5 nitrogen and oxygen atoms in total. The Hall–Kier alpha value is -2.19. The fourth-order valence-electron chi connectivity index (χ4n) is 2.91. The van der Waals surface area contributed by atoms with Crippen molar-refractivity contribution >= 4 is 28.0 Å². The summed E-state index contributed by atoms with van der Waals surface area (Å²) in [4.78, 5) is 8.66. The average molecular weight is 378 g/mol. The number of rotatable bonds is 6. The van der Waals surface area contributed by atoms with Gasteiger partial charge >= 0.3 is 0 Å². The van der Waals surface area contributed by atoms with E-state index in [0.29, 0.717) is 30.1 Å². The number of nitrogens with two attached hydrogens (primary N) is 1. The summed E-state index contributed by atoms with van der Waals surface area (Å²) in [5.74, 6) is -0.709. The number of hydrogen-bond donors (Lipinski definition) is 1. The van der Waals surface area contributed by atoms with Crippen molar-refractivity contribution in [2.75, 3.05) is 11.5 Å². The van der Waals surface area contributed by atoms with E-state index < -0.39 is 22.8 Å². The lowest BCUT2D eigenvalue weighted by molar-refractivity contribution is 0.545.